The lowest BCUT2D eigenvalue weighted by Crippen LogP contribution is -1.94. The molecule has 0 aliphatic heterocycles. The van der Waals surface area contributed by atoms with E-state index in [9.17, 15) is 0 Å². The van der Waals surface area contributed by atoms with Gasteiger partial charge in [0.15, 0.2) is 0 Å². The quantitative estimate of drug-likeness (QED) is 0.188. The maximum atomic E-state index is 9.04. The normalized spacial score (nSPS) is 14.7. The number of rotatable bonds is 4. The lowest BCUT2D eigenvalue weighted by atomic mass is 9.82. The Morgan fingerprint density at radius 3 is 1.60 bits per heavy atom. The molecule has 0 unspecified atom stereocenters. The SMILES string of the molecule is [2H]c1c([2H])c([2H])c(-c2cccc(-c3c4ccccc4c(-c4c(-c5c([2H])c([2H])c([2H])c([2H])c5[2H])ccc5oc6ccccc6c45)c4ccccc34)c2)c([2H])c1[2H]. The minimum atomic E-state index is -0.471. The summed E-state index contributed by atoms with van der Waals surface area (Å²) >= 11 is 0. The van der Waals surface area contributed by atoms with Gasteiger partial charge in [0.25, 0.3) is 0 Å². The van der Waals surface area contributed by atoms with Gasteiger partial charge in [0.2, 0.25) is 0 Å². The Balaban J connectivity index is 1.44. The predicted octanol–water partition coefficient (Wildman–Crippen LogP) is 12.6. The van der Waals surface area contributed by atoms with Gasteiger partial charge in [-0.15, -0.1) is 0 Å². The van der Waals surface area contributed by atoms with Gasteiger partial charge >= 0.3 is 0 Å². The van der Waals surface area contributed by atoms with Crippen molar-refractivity contribution < 1.29 is 18.1 Å². The van der Waals surface area contributed by atoms with Crippen LogP contribution in [0, 0.1) is 0 Å². The largest absolute Gasteiger partial charge is 0.456 e. The Morgan fingerprint density at radius 1 is 0.378 bits per heavy atom. The summed E-state index contributed by atoms with van der Waals surface area (Å²) in [5, 5.41) is 4.92. The first kappa shape index (κ1) is 17.4. The molecule has 0 saturated carbocycles. The molecule has 8 aromatic carbocycles. The van der Waals surface area contributed by atoms with E-state index in [1.165, 1.54) is 0 Å². The topological polar surface area (TPSA) is 13.1 Å². The van der Waals surface area contributed by atoms with Crippen LogP contribution in [0.2, 0.25) is 0 Å². The van der Waals surface area contributed by atoms with Gasteiger partial charge in [0.05, 0.1) is 13.7 Å². The van der Waals surface area contributed by atoms with E-state index in [-0.39, 0.29) is 35.3 Å². The average molecular weight is 583 g/mol. The van der Waals surface area contributed by atoms with Crippen molar-refractivity contribution in [3.63, 3.8) is 0 Å². The zero-order valence-corrected chi connectivity index (χ0v) is 23.8. The highest BCUT2D eigenvalue weighted by Crippen LogP contribution is 2.50. The van der Waals surface area contributed by atoms with Crippen molar-refractivity contribution in [1.29, 1.82) is 0 Å². The molecule has 1 heteroatoms. The van der Waals surface area contributed by atoms with Crippen molar-refractivity contribution in [2.45, 2.75) is 0 Å². The zero-order valence-electron chi connectivity index (χ0n) is 33.8. The Labute approximate surface area is 275 Å². The summed E-state index contributed by atoms with van der Waals surface area (Å²) in [6.45, 7) is 0. The van der Waals surface area contributed by atoms with Gasteiger partial charge in [-0.1, -0.05) is 151 Å². The molecular weight excluding hydrogens is 544 g/mol. The van der Waals surface area contributed by atoms with Gasteiger partial charge in [-0.05, 0) is 78.7 Å². The van der Waals surface area contributed by atoms with Gasteiger partial charge < -0.3 is 4.42 Å². The van der Waals surface area contributed by atoms with Crippen LogP contribution in [0.15, 0.2) is 174 Å². The third-order valence-corrected chi connectivity index (χ3v) is 8.43. The second-order valence-corrected chi connectivity index (χ2v) is 10.9. The van der Waals surface area contributed by atoms with Crippen molar-refractivity contribution in [2.24, 2.45) is 0 Å². The van der Waals surface area contributed by atoms with Crippen LogP contribution in [-0.4, -0.2) is 0 Å². The number of fused-ring (bicyclic) bond motifs is 5. The Bertz CT molecular complexity index is 3000. The van der Waals surface area contributed by atoms with Crippen LogP contribution < -0.4 is 0 Å². The van der Waals surface area contributed by atoms with Crippen LogP contribution in [0.25, 0.3) is 88.0 Å². The molecule has 1 nitrogen and oxygen atoms in total. The fourth-order valence-corrected chi connectivity index (χ4v) is 6.60. The molecule has 0 fully saturated rings. The first-order valence-corrected chi connectivity index (χ1v) is 14.6. The summed E-state index contributed by atoms with van der Waals surface area (Å²) in [6.07, 6.45) is 0. The molecule has 210 valence electrons. The minimum absolute atomic E-state index is 0.0803. The Hall–Kier alpha value is -5.92. The molecule has 0 aliphatic rings. The van der Waals surface area contributed by atoms with Crippen molar-refractivity contribution in [2.75, 3.05) is 0 Å². The van der Waals surface area contributed by atoms with E-state index < -0.39 is 36.3 Å². The van der Waals surface area contributed by atoms with Crippen molar-refractivity contribution in [3.05, 3.63) is 170 Å². The average Bonchev–Trinajstić information content (AvgIpc) is 3.59. The van der Waals surface area contributed by atoms with Gasteiger partial charge in [-0.25, -0.2) is 0 Å². The third-order valence-electron chi connectivity index (χ3n) is 8.43. The summed E-state index contributed by atoms with van der Waals surface area (Å²) in [5.74, 6) is 0. The van der Waals surface area contributed by atoms with Gasteiger partial charge in [0.1, 0.15) is 11.2 Å². The molecule has 1 aromatic heterocycles. The second kappa shape index (κ2) is 10.4. The number of hydrogen-bond donors (Lipinski definition) is 0. The maximum Gasteiger partial charge on any atom is 0.136 e. The van der Waals surface area contributed by atoms with Crippen LogP contribution in [0.3, 0.4) is 0 Å². The predicted molar refractivity (Wildman–Crippen MR) is 190 cm³/mol. The highest BCUT2D eigenvalue weighted by molar-refractivity contribution is 6.27. The van der Waals surface area contributed by atoms with Crippen LogP contribution in [0.1, 0.15) is 13.7 Å². The lowest BCUT2D eigenvalue weighted by molar-refractivity contribution is 0.669. The molecule has 0 bridgehead atoms. The molecule has 0 spiro atoms. The van der Waals surface area contributed by atoms with E-state index in [1.807, 2.05) is 91.0 Å². The van der Waals surface area contributed by atoms with Crippen LogP contribution >= 0.6 is 0 Å². The first-order chi connectivity index (χ1) is 26.5. The molecule has 9 aromatic rings. The first-order valence-electron chi connectivity index (χ1n) is 19.6. The second-order valence-electron chi connectivity index (χ2n) is 10.9. The summed E-state index contributed by atoms with van der Waals surface area (Å²) < 4.78 is 91.9. The van der Waals surface area contributed by atoms with Gasteiger partial charge in [-0.2, -0.15) is 0 Å². The Morgan fingerprint density at radius 2 is 0.933 bits per heavy atom. The standard InChI is InChI=1S/C44H28O/c1-3-14-29(15-4-1)31-18-13-19-32(28-31)41-34-20-7-9-22-36(34)42(37-23-10-8-21-35(37)41)44-33(30-16-5-2-6-17-30)26-27-40-43(44)38-24-11-12-25-39(38)45-40/h1-28H/i1D,2D,3D,4D,5D,6D,14D,15D,16D,17D. The number of hydrogen-bond acceptors (Lipinski definition) is 1. The highest BCUT2D eigenvalue weighted by Gasteiger charge is 2.23. The molecule has 0 radical (unpaired) electrons. The number of furan rings is 1. The van der Waals surface area contributed by atoms with Crippen LogP contribution in [0.4, 0.5) is 0 Å². The van der Waals surface area contributed by atoms with Crippen LogP contribution in [-0.2, 0) is 0 Å². The smallest absolute Gasteiger partial charge is 0.136 e. The van der Waals surface area contributed by atoms with Gasteiger partial charge in [0, 0.05) is 16.3 Å². The van der Waals surface area contributed by atoms with Crippen LogP contribution in [0.5, 0.6) is 0 Å². The van der Waals surface area contributed by atoms with E-state index >= 15 is 0 Å². The van der Waals surface area contributed by atoms with E-state index in [0.717, 1.165) is 49.0 Å². The molecular formula is C44H28O. The van der Waals surface area contributed by atoms with E-state index in [2.05, 4.69) is 0 Å². The van der Waals surface area contributed by atoms with E-state index in [4.69, 9.17) is 18.1 Å². The van der Waals surface area contributed by atoms with Gasteiger partial charge in [-0.3, -0.25) is 0 Å². The molecule has 0 atom stereocenters. The van der Waals surface area contributed by atoms with Crippen molar-refractivity contribution in [3.8, 4) is 44.5 Å². The summed E-state index contributed by atoms with van der Waals surface area (Å²) in [4.78, 5) is 0. The van der Waals surface area contributed by atoms with Crippen molar-refractivity contribution >= 4 is 43.5 Å². The highest BCUT2D eigenvalue weighted by atomic mass is 16.3. The van der Waals surface area contributed by atoms with Crippen molar-refractivity contribution in [1.82, 2.24) is 0 Å². The monoisotopic (exact) mass is 582 g/mol. The summed E-state index contributed by atoms with van der Waals surface area (Å²) in [6, 6.07) is 30.6. The molecule has 0 N–H and O–H groups in total. The number of para-hydroxylation sites is 1. The molecule has 0 saturated heterocycles. The number of benzene rings is 8. The molecule has 9 rings (SSSR count). The molecule has 45 heavy (non-hydrogen) atoms. The fourth-order valence-electron chi connectivity index (χ4n) is 6.60. The summed E-state index contributed by atoms with van der Waals surface area (Å²) in [7, 11) is 0. The zero-order chi connectivity index (χ0) is 38.4. The summed E-state index contributed by atoms with van der Waals surface area (Å²) in [5.41, 5.74) is 5.42. The third kappa shape index (κ3) is 4.09. The molecule has 0 amide bonds. The fraction of sp³-hybridized carbons (Fsp3) is 0. The molecule has 1 heterocycles. The van der Waals surface area contributed by atoms with E-state index in [0.29, 0.717) is 27.9 Å². The maximum absolute atomic E-state index is 9.04. The molecule has 0 aliphatic carbocycles. The van der Waals surface area contributed by atoms with E-state index in [1.54, 1.807) is 18.2 Å². The Kier molecular flexibility index (Phi) is 4.01. The lowest BCUT2D eigenvalue weighted by Gasteiger charge is -2.20. The minimum Gasteiger partial charge on any atom is -0.456 e.